The summed E-state index contributed by atoms with van der Waals surface area (Å²) >= 11 is 6.21. The number of hydrogen-bond donors (Lipinski definition) is 4. The van der Waals surface area contributed by atoms with E-state index in [-0.39, 0.29) is 18.2 Å². The van der Waals surface area contributed by atoms with Crippen molar-refractivity contribution >= 4 is 34.8 Å². The zero-order valence-corrected chi connectivity index (χ0v) is 18.1. The Kier molecular flexibility index (Phi) is 5.55. The van der Waals surface area contributed by atoms with E-state index in [1.807, 2.05) is 0 Å². The number of fused-ring (bicyclic) bond motifs is 2. The summed E-state index contributed by atoms with van der Waals surface area (Å²) in [6.07, 6.45) is -0.508. The van der Waals surface area contributed by atoms with E-state index in [0.29, 0.717) is 33.5 Å². The van der Waals surface area contributed by atoms with Crippen molar-refractivity contribution in [2.75, 3.05) is 24.9 Å². The van der Waals surface area contributed by atoms with Crippen LogP contribution in [-0.2, 0) is 15.1 Å². The number of rotatable bonds is 5. The van der Waals surface area contributed by atoms with E-state index < -0.39 is 23.6 Å². The molecular formula is C22H24ClN3O5. The predicted octanol–water partition coefficient (Wildman–Crippen LogP) is 2.50. The van der Waals surface area contributed by atoms with Crippen LogP contribution in [0.25, 0.3) is 0 Å². The fourth-order valence-corrected chi connectivity index (χ4v) is 4.59. The van der Waals surface area contributed by atoms with Crippen molar-refractivity contribution in [1.29, 1.82) is 0 Å². The lowest BCUT2D eigenvalue weighted by molar-refractivity contribution is -0.130. The standard InChI is InChI=1S/C22H24ClN3O5/c1-11(27)17-10-15(20(28)24-18-9-13(30-2)5-7-19(18)31-3)22(26-17)14-8-12(23)4-6-16(14)25-21(22)29/h4-9,11,15,17,26-27H,10H2,1-3H3,(H,24,28)(H,25,29)/t11-,15-,17+,22-/m0/s1. The van der Waals surface area contributed by atoms with Crippen molar-refractivity contribution in [3.05, 3.63) is 47.0 Å². The highest BCUT2D eigenvalue weighted by atomic mass is 35.5. The Labute approximate surface area is 184 Å². The van der Waals surface area contributed by atoms with Gasteiger partial charge in [0.25, 0.3) is 0 Å². The van der Waals surface area contributed by atoms with Crippen LogP contribution >= 0.6 is 11.6 Å². The summed E-state index contributed by atoms with van der Waals surface area (Å²) in [4.78, 5) is 26.7. The summed E-state index contributed by atoms with van der Waals surface area (Å²) in [6, 6.07) is 9.67. The zero-order valence-electron chi connectivity index (χ0n) is 17.4. The summed E-state index contributed by atoms with van der Waals surface area (Å²) in [5, 5.41) is 19.6. The number of amides is 2. The number of aliphatic hydroxyl groups excluding tert-OH is 1. The molecule has 0 aliphatic carbocycles. The first-order valence-electron chi connectivity index (χ1n) is 9.90. The highest BCUT2D eigenvalue weighted by Gasteiger charge is 2.60. The predicted molar refractivity (Wildman–Crippen MR) is 117 cm³/mol. The van der Waals surface area contributed by atoms with Crippen LogP contribution in [0.4, 0.5) is 11.4 Å². The molecule has 9 heteroatoms. The maximum Gasteiger partial charge on any atom is 0.250 e. The molecule has 8 nitrogen and oxygen atoms in total. The first-order valence-corrected chi connectivity index (χ1v) is 10.3. The van der Waals surface area contributed by atoms with E-state index >= 15 is 0 Å². The SMILES string of the molecule is COc1ccc(OC)c(NC(=O)[C@@H]2C[C@H]([C@H](C)O)N[C@]23C(=O)Nc2ccc(Cl)cc23)c1. The number of hydrogen-bond acceptors (Lipinski definition) is 6. The van der Waals surface area contributed by atoms with Crippen molar-refractivity contribution in [2.24, 2.45) is 5.92 Å². The maximum atomic E-state index is 13.5. The fraction of sp³-hybridized carbons (Fsp3) is 0.364. The van der Waals surface area contributed by atoms with Gasteiger partial charge in [0.2, 0.25) is 11.8 Å². The molecule has 164 valence electrons. The minimum Gasteiger partial charge on any atom is -0.497 e. The molecule has 4 rings (SSSR count). The molecule has 2 heterocycles. The highest BCUT2D eigenvalue weighted by molar-refractivity contribution is 6.31. The highest BCUT2D eigenvalue weighted by Crippen LogP contribution is 2.48. The Morgan fingerprint density at radius 2 is 2.03 bits per heavy atom. The third-order valence-electron chi connectivity index (χ3n) is 6.00. The molecule has 0 unspecified atom stereocenters. The van der Waals surface area contributed by atoms with Gasteiger partial charge in [-0.3, -0.25) is 14.9 Å². The van der Waals surface area contributed by atoms with Gasteiger partial charge in [-0.05, 0) is 43.7 Å². The van der Waals surface area contributed by atoms with Crippen LogP contribution in [-0.4, -0.2) is 43.3 Å². The molecule has 0 bridgehead atoms. The normalized spacial score (nSPS) is 25.1. The second-order valence-corrected chi connectivity index (χ2v) is 8.22. The van der Waals surface area contributed by atoms with E-state index in [1.165, 1.54) is 14.2 Å². The molecule has 4 atom stereocenters. The number of carbonyl (C=O) groups excluding carboxylic acids is 2. The summed E-state index contributed by atoms with van der Waals surface area (Å²) in [5.74, 6) is -0.535. The van der Waals surface area contributed by atoms with E-state index in [0.717, 1.165) is 0 Å². The molecule has 0 radical (unpaired) electrons. The molecule has 31 heavy (non-hydrogen) atoms. The first kappa shape index (κ1) is 21.4. The second kappa shape index (κ2) is 8.03. The largest absolute Gasteiger partial charge is 0.497 e. The number of methoxy groups -OCH3 is 2. The summed E-state index contributed by atoms with van der Waals surface area (Å²) < 4.78 is 10.6. The topological polar surface area (TPSA) is 109 Å². The lowest BCUT2D eigenvalue weighted by atomic mass is 9.79. The monoisotopic (exact) mass is 445 g/mol. The average Bonchev–Trinajstić information content (AvgIpc) is 3.28. The Morgan fingerprint density at radius 3 is 2.71 bits per heavy atom. The number of aliphatic hydroxyl groups is 1. The van der Waals surface area contributed by atoms with E-state index in [2.05, 4.69) is 16.0 Å². The number of nitrogens with one attached hydrogen (secondary N) is 3. The third kappa shape index (κ3) is 3.50. The van der Waals surface area contributed by atoms with Gasteiger partial charge in [-0.15, -0.1) is 0 Å². The van der Waals surface area contributed by atoms with E-state index in [4.69, 9.17) is 21.1 Å². The van der Waals surface area contributed by atoms with Gasteiger partial charge in [-0.1, -0.05) is 11.6 Å². The molecule has 0 saturated carbocycles. The van der Waals surface area contributed by atoms with Crippen molar-refractivity contribution in [3.8, 4) is 11.5 Å². The molecule has 4 N–H and O–H groups in total. The Balaban J connectivity index is 1.75. The lowest BCUT2D eigenvalue weighted by Gasteiger charge is -2.29. The van der Waals surface area contributed by atoms with Crippen LogP contribution in [0.15, 0.2) is 36.4 Å². The van der Waals surface area contributed by atoms with Crippen molar-refractivity contribution in [1.82, 2.24) is 5.32 Å². The van der Waals surface area contributed by atoms with Crippen LogP contribution in [0.2, 0.25) is 5.02 Å². The average molecular weight is 446 g/mol. The van der Waals surface area contributed by atoms with Gasteiger partial charge in [0.15, 0.2) is 0 Å². The van der Waals surface area contributed by atoms with E-state index in [9.17, 15) is 14.7 Å². The van der Waals surface area contributed by atoms with Crippen LogP contribution in [0.5, 0.6) is 11.5 Å². The number of ether oxygens (including phenoxy) is 2. The summed E-state index contributed by atoms with van der Waals surface area (Å²) in [7, 11) is 3.03. The molecule has 1 spiro atoms. The van der Waals surface area contributed by atoms with Gasteiger partial charge in [0, 0.05) is 28.4 Å². The minimum absolute atomic E-state index is 0.259. The van der Waals surface area contributed by atoms with Crippen molar-refractivity contribution in [2.45, 2.75) is 31.0 Å². The van der Waals surface area contributed by atoms with Crippen molar-refractivity contribution < 1.29 is 24.2 Å². The van der Waals surface area contributed by atoms with Crippen LogP contribution in [0.1, 0.15) is 18.9 Å². The summed E-state index contributed by atoms with van der Waals surface area (Å²) in [6.45, 7) is 1.63. The lowest BCUT2D eigenvalue weighted by Crippen LogP contribution is -2.53. The van der Waals surface area contributed by atoms with Crippen LogP contribution in [0.3, 0.4) is 0 Å². The Hall–Kier alpha value is -2.81. The molecule has 2 aromatic carbocycles. The second-order valence-electron chi connectivity index (χ2n) is 7.79. The van der Waals surface area contributed by atoms with Gasteiger partial charge in [0.05, 0.1) is 31.9 Å². The third-order valence-corrected chi connectivity index (χ3v) is 6.24. The molecule has 2 aromatic rings. The summed E-state index contributed by atoms with van der Waals surface area (Å²) in [5.41, 5.74) is 0.251. The van der Waals surface area contributed by atoms with Crippen LogP contribution < -0.4 is 25.4 Å². The number of benzene rings is 2. The van der Waals surface area contributed by atoms with Gasteiger partial charge in [-0.2, -0.15) is 0 Å². The van der Waals surface area contributed by atoms with Gasteiger partial charge in [-0.25, -0.2) is 0 Å². The molecule has 2 amide bonds. The minimum atomic E-state index is -1.35. The van der Waals surface area contributed by atoms with Crippen LogP contribution in [0, 0.1) is 5.92 Å². The maximum absolute atomic E-state index is 13.5. The number of carbonyl (C=O) groups is 2. The molecule has 0 aromatic heterocycles. The quantitative estimate of drug-likeness (QED) is 0.563. The van der Waals surface area contributed by atoms with Gasteiger partial charge >= 0.3 is 0 Å². The molecule has 2 aliphatic rings. The number of anilines is 2. The smallest absolute Gasteiger partial charge is 0.250 e. The first-order chi connectivity index (χ1) is 14.8. The van der Waals surface area contributed by atoms with Crippen molar-refractivity contribution in [3.63, 3.8) is 0 Å². The Bertz CT molecular complexity index is 1040. The zero-order chi connectivity index (χ0) is 22.3. The molecule has 1 saturated heterocycles. The molecule has 2 aliphatic heterocycles. The molecule has 1 fully saturated rings. The van der Waals surface area contributed by atoms with Gasteiger partial charge in [0.1, 0.15) is 17.0 Å². The number of halogens is 1. The molecular weight excluding hydrogens is 422 g/mol. The van der Waals surface area contributed by atoms with Gasteiger partial charge < -0.3 is 25.2 Å². The Morgan fingerprint density at radius 1 is 1.26 bits per heavy atom. The van der Waals surface area contributed by atoms with E-state index in [1.54, 1.807) is 43.3 Å². The fourth-order valence-electron chi connectivity index (χ4n) is 4.42.